The van der Waals surface area contributed by atoms with Crippen LogP contribution in [0.25, 0.3) is 0 Å². The lowest BCUT2D eigenvalue weighted by Crippen LogP contribution is -1.97. The molecule has 0 aliphatic rings. The quantitative estimate of drug-likeness (QED) is 0.605. The number of aryl methyl sites for hydroxylation is 1. The maximum atomic E-state index is 6.47. The molecule has 0 amide bonds. The van der Waals surface area contributed by atoms with Crippen molar-refractivity contribution >= 4 is 39.1 Å². The SMILES string of the molecule is Cc1ccc(CC(Cl)c2cc(Cl)ccc2Br)cc1. The molecule has 0 aliphatic heterocycles. The predicted molar refractivity (Wildman–Crippen MR) is 82.6 cm³/mol. The van der Waals surface area contributed by atoms with Gasteiger partial charge >= 0.3 is 0 Å². The van der Waals surface area contributed by atoms with Gasteiger partial charge in [-0.1, -0.05) is 57.4 Å². The lowest BCUT2D eigenvalue weighted by Gasteiger charge is -2.12. The molecule has 0 N–H and O–H groups in total. The zero-order valence-electron chi connectivity index (χ0n) is 9.96. The molecule has 94 valence electrons. The second-order valence-corrected chi connectivity index (χ2v) is 6.14. The number of alkyl halides is 1. The van der Waals surface area contributed by atoms with E-state index < -0.39 is 0 Å². The third-order valence-electron chi connectivity index (χ3n) is 2.83. The number of benzene rings is 2. The number of rotatable bonds is 3. The van der Waals surface area contributed by atoms with Crippen LogP contribution >= 0.6 is 39.1 Å². The van der Waals surface area contributed by atoms with Crippen LogP contribution in [0.2, 0.25) is 5.02 Å². The molecule has 0 saturated carbocycles. The average Bonchev–Trinajstić information content (AvgIpc) is 2.35. The fourth-order valence-corrected chi connectivity index (χ4v) is 2.99. The van der Waals surface area contributed by atoms with E-state index in [0.717, 1.165) is 16.5 Å². The van der Waals surface area contributed by atoms with Gasteiger partial charge in [-0.25, -0.2) is 0 Å². The van der Waals surface area contributed by atoms with Crippen LogP contribution in [-0.2, 0) is 6.42 Å². The summed E-state index contributed by atoms with van der Waals surface area (Å²) in [6, 6.07) is 14.1. The highest BCUT2D eigenvalue weighted by molar-refractivity contribution is 9.10. The second-order valence-electron chi connectivity index (χ2n) is 4.32. The minimum Gasteiger partial charge on any atom is -0.117 e. The van der Waals surface area contributed by atoms with E-state index in [-0.39, 0.29) is 5.38 Å². The molecule has 3 heteroatoms. The Morgan fingerprint density at radius 3 is 2.44 bits per heavy atom. The van der Waals surface area contributed by atoms with Crippen molar-refractivity contribution in [1.29, 1.82) is 0 Å². The molecule has 0 aliphatic carbocycles. The fraction of sp³-hybridized carbons (Fsp3) is 0.200. The van der Waals surface area contributed by atoms with Crippen LogP contribution in [0.1, 0.15) is 22.1 Å². The summed E-state index contributed by atoms with van der Waals surface area (Å²) in [5, 5.41) is 0.628. The first-order valence-electron chi connectivity index (χ1n) is 5.71. The monoisotopic (exact) mass is 342 g/mol. The van der Waals surface area contributed by atoms with Crippen molar-refractivity contribution in [3.8, 4) is 0 Å². The number of hydrogen-bond acceptors (Lipinski definition) is 0. The first-order valence-corrected chi connectivity index (χ1v) is 7.31. The van der Waals surface area contributed by atoms with Crippen molar-refractivity contribution in [1.82, 2.24) is 0 Å². The van der Waals surface area contributed by atoms with Gasteiger partial charge < -0.3 is 0 Å². The molecule has 0 spiro atoms. The van der Waals surface area contributed by atoms with Crippen LogP contribution in [0.15, 0.2) is 46.9 Å². The summed E-state index contributed by atoms with van der Waals surface area (Å²) in [6.45, 7) is 2.08. The highest BCUT2D eigenvalue weighted by atomic mass is 79.9. The molecule has 1 atom stereocenters. The molecule has 18 heavy (non-hydrogen) atoms. The lowest BCUT2D eigenvalue weighted by atomic mass is 10.0. The van der Waals surface area contributed by atoms with Crippen LogP contribution in [-0.4, -0.2) is 0 Å². The van der Waals surface area contributed by atoms with Crippen LogP contribution in [0.3, 0.4) is 0 Å². The molecule has 0 fully saturated rings. The van der Waals surface area contributed by atoms with E-state index in [9.17, 15) is 0 Å². The smallest absolute Gasteiger partial charge is 0.0637 e. The molecule has 0 bridgehead atoms. The Hall–Kier alpha value is -0.500. The summed E-state index contributed by atoms with van der Waals surface area (Å²) >= 11 is 16.0. The Balaban J connectivity index is 2.18. The summed E-state index contributed by atoms with van der Waals surface area (Å²) < 4.78 is 0.999. The van der Waals surface area contributed by atoms with Crippen molar-refractivity contribution in [3.63, 3.8) is 0 Å². The van der Waals surface area contributed by atoms with Crippen LogP contribution in [0.4, 0.5) is 0 Å². The molecule has 2 rings (SSSR count). The highest BCUT2D eigenvalue weighted by Gasteiger charge is 2.12. The summed E-state index contributed by atoms with van der Waals surface area (Å²) in [5.41, 5.74) is 3.52. The maximum absolute atomic E-state index is 6.47. The van der Waals surface area contributed by atoms with Gasteiger partial charge in [0.25, 0.3) is 0 Å². The Bertz CT molecular complexity index is 535. The van der Waals surface area contributed by atoms with Gasteiger partial charge in [0, 0.05) is 9.50 Å². The molecule has 2 aromatic carbocycles. The van der Waals surface area contributed by atoms with E-state index in [2.05, 4.69) is 47.1 Å². The Morgan fingerprint density at radius 2 is 1.78 bits per heavy atom. The number of halogens is 3. The Labute approximate surface area is 126 Å². The van der Waals surface area contributed by atoms with Crippen LogP contribution < -0.4 is 0 Å². The van der Waals surface area contributed by atoms with Crippen molar-refractivity contribution in [2.45, 2.75) is 18.7 Å². The van der Waals surface area contributed by atoms with Crippen LogP contribution in [0, 0.1) is 6.92 Å². The average molecular weight is 344 g/mol. The van der Waals surface area contributed by atoms with Gasteiger partial charge in [0.2, 0.25) is 0 Å². The molecule has 1 unspecified atom stereocenters. The third-order valence-corrected chi connectivity index (χ3v) is 4.18. The standard InChI is InChI=1S/C15H13BrCl2/c1-10-2-4-11(5-3-10)8-15(18)13-9-12(17)6-7-14(13)16/h2-7,9,15H,8H2,1H3. The largest absolute Gasteiger partial charge is 0.117 e. The molecule has 0 saturated heterocycles. The first kappa shape index (κ1) is 13.9. The molecule has 0 heterocycles. The third kappa shape index (κ3) is 3.50. The van der Waals surface area contributed by atoms with Gasteiger partial charge in [0.15, 0.2) is 0 Å². The number of hydrogen-bond donors (Lipinski definition) is 0. The zero-order valence-corrected chi connectivity index (χ0v) is 13.1. The van der Waals surface area contributed by atoms with E-state index in [1.54, 1.807) is 0 Å². The molecule has 0 radical (unpaired) electrons. The Kier molecular flexibility index (Phi) is 4.71. The highest BCUT2D eigenvalue weighted by Crippen LogP contribution is 2.32. The second kappa shape index (κ2) is 6.10. The molecular formula is C15H13BrCl2. The van der Waals surface area contributed by atoms with Crippen molar-refractivity contribution in [2.24, 2.45) is 0 Å². The summed E-state index contributed by atoms with van der Waals surface area (Å²) in [5.74, 6) is 0. The van der Waals surface area contributed by atoms with E-state index in [1.165, 1.54) is 11.1 Å². The van der Waals surface area contributed by atoms with E-state index in [1.807, 2.05) is 18.2 Å². The van der Waals surface area contributed by atoms with Gasteiger partial charge in [-0.05, 0) is 42.7 Å². The zero-order chi connectivity index (χ0) is 13.1. The molecular weight excluding hydrogens is 331 g/mol. The minimum atomic E-state index is -0.0826. The van der Waals surface area contributed by atoms with Gasteiger partial charge in [-0.15, -0.1) is 11.6 Å². The van der Waals surface area contributed by atoms with Gasteiger partial charge in [0.1, 0.15) is 0 Å². The van der Waals surface area contributed by atoms with Gasteiger partial charge in [0.05, 0.1) is 5.38 Å². The topological polar surface area (TPSA) is 0 Å². The Morgan fingerprint density at radius 1 is 1.11 bits per heavy atom. The fourth-order valence-electron chi connectivity index (χ4n) is 1.80. The normalized spacial score (nSPS) is 12.4. The van der Waals surface area contributed by atoms with Crippen molar-refractivity contribution in [2.75, 3.05) is 0 Å². The van der Waals surface area contributed by atoms with E-state index in [0.29, 0.717) is 5.02 Å². The van der Waals surface area contributed by atoms with Gasteiger partial charge in [-0.2, -0.15) is 0 Å². The van der Waals surface area contributed by atoms with E-state index in [4.69, 9.17) is 23.2 Å². The summed E-state index contributed by atoms with van der Waals surface area (Å²) in [7, 11) is 0. The maximum Gasteiger partial charge on any atom is 0.0637 e. The molecule has 0 aromatic heterocycles. The summed E-state index contributed by atoms with van der Waals surface area (Å²) in [4.78, 5) is 0. The van der Waals surface area contributed by atoms with E-state index >= 15 is 0 Å². The van der Waals surface area contributed by atoms with Gasteiger partial charge in [-0.3, -0.25) is 0 Å². The first-order chi connectivity index (χ1) is 8.56. The van der Waals surface area contributed by atoms with Crippen molar-refractivity contribution in [3.05, 3.63) is 68.7 Å². The molecule has 2 aromatic rings. The summed E-state index contributed by atoms with van der Waals surface area (Å²) in [6.07, 6.45) is 0.792. The van der Waals surface area contributed by atoms with Crippen molar-refractivity contribution < 1.29 is 0 Å². The predicted octanol–water partition coefficient (Wildman–Crippen LogP) is 5.93. The molecule has 0 nitrogen and oxygen atoms in total. The van der Waals surface area contributed by atoms with Crippen LogP contribution in [0.5, 0.6) is 0 Å². The lowest BCUT2D eigenvalue weighted by molar-refractivity contribution is 0.914. The minimum absolute atomic E-state index is 0.0826.